The van der Waals surface area contributed by atoms with E-state index in [2.05, 4.69) is 24.0 Å². The fourth-order valence-electron chi connectivity index (χ4n) is 1.51. The molecule has 1 heterocycles. The van der Waals surface area contributed by atoms with Crippen LogP contribution < -0.4 is 4.74 Å². The van der Waals surface area contributed by atoms with Crippen molar-refractivity contribution in [2.45, 2.75) is 19.8 Å². The van der Waals surface area contributed by atoms with E-state index >= 15 is 0 Å². The first-order valence-corrected chi connectivity index (χ1v) is 5.70. The van der Waals surface area contributed by atoms with Gasteiger partial charge in [-0.15, -0.1) is 5.10 Å². The number of benzene rings is 1. The average molecular weight is 239 g/mol. The summed E-state index contributed by atoms with van der Waals surface area (Å²) in [6.07, 6.45) is 1.47. The van der Waals surface area contributed by atoms with Crippen molar-refractivity contribution < 1.29 is 4.74 Å². The fourth-order valence-corrected chi connectivity index (χ4v) is 1.51. The molecule has 4 heteroatoms. The molecule has 0 amide bonds. The Bertz CT molecular complexity index is 570. The molecule has 1 aromatic carbocycles. The van der Waals surface area contributed by atoms with Gasteiger partial charge in [0.05, 0.1) is 6.20 Å². The summed E-state index contributed by atoms with van der Waals surface area (Å²) in [5, 5.41) is 16.4. The highest BCUT2D eigenvalue weighted by molar-refractivity contribution is 5.39. The van der Waals surface area contributed by atoms with Crippen LogP contribution >= 0.6 is 0 Å². The molecule has 18 heavy (non-hydrogen) atoms. The minimum atomic E-state index is 0.234. The quantitative estimate of drug-likeness (QED) is 0.824. The average Bonchev–Trinajstić information content (AvgIpc) is 2.40. The highest BCUT2D eigenvalue weighted by Gasteiger charge is 2.06. The normalized spacial score (nSPS) is 10.1. The molecule has 0 unspecified atom stereocenters. The Morgan fingerprint density at radius 3 is 2.50 bits per heavy atom. The van der Waals surface area contributed by atoms with Crippen LogP contribution in [0.25, 0.3) is 0 Å². The molecule has 0 saturated heterocycles. The van der Waals surface area contributed by atoms with Gasteiger partial charge in [-0.3, -0.25) is 0 Å². The summed E-state index contributed by atoms with van der Waals surface area (Å²) >= 11 is 0. The third kappa shape index (κ3) is 2.64. The maximum atomic E-state index is 8.92. The molecule has 90 valence electrons. The lowest BCUT2D eigenvalue weighted by atomic mass is 10.0. The van der Waals surface area contributed by atoms with Gasteiger partial charge in [-0.1, -0.05) is 26.0 Å². The molecule has 0 spiro atoms. The van der Waals surface area contributed by atoms with E-state index in [1.165, 1.54) is 11.8 Å². The van der Waals surface area contributed by atoms with E-state index in [1.807, 2.05) is 30.3 Å². The number of rotatable bonds is 3. The lowest BCUT2D eigenvalue weighted by Gasteiger charge is -2.08. The Morgan fingerprint density at radius 1 is 1.17 bits per heavy atom. The summed E-state index contributed by atoms with van der Waals surface area (Å²) in [6, 6.07) is 11.3. The van der Waals surface area contributed by atoms with Crippen molar-refractivity contribution in [3.05, 3.63) is 47.7 Å². The van der Waals surface area contributed by atoms with Crippen LogP contribution in [0, 0.1) is 11.3 Å². The van der Waals surface area contributed by atoms with Crippen LogP contribution in [0.15, 0.2) is 36.5 Å². The van der Waals surface area contributed by atoms with Crippen LogP contribution in [0.1, 0.15) is 30.9 Å². The van der Waals surface area contributed by atoms with Gasteiger partial charge in [0.25, 0.3) is 5.88 Å². The standard InChI is InChI=1S/C14H13N3O/c1-10(2)11-3-5-13(6-4-11)18-14-12(9-15)7-8-16-17-14/h3-8,10H,1-2H3. The second kappa shape index (κ2) is 5.28. The van der Waals surface area contributed by atoms with Crippen LogP contribution in [0.4, 0.5) is 0 Å². The molecule has 0 aliphatic rings. The van der Waals surface area contributed by atoms with Gasteiger partial charge in [0.15, 0.2) is 0 Å². The highest BCUT2D eigenvalue weighted by atomic mass is 16.5. The van der Waals surface area contributed by atoms with Crippen LogP contribution in [0.3, 0.4) is 0 Å². The number of ether oxygens (including phenoxy) is 1. The van der Waals surface area contributed by atoms with Crippen molar-refractivity contribution in [1.29, 1.82) is 5.26 Å². The van der Waals surface area contributed by atoms with Gasteiger partial charge >= 0.3 is 0 Å². The zero-order valence-electron chi connectivity index (χ0n) is 10.3. The molecular formula is C14H13N3O. The molecule has 0 saturated carbocycles. The van der Waals surface area contributed by atoms with E-state index in [1.54, 1.807) is 6.07 Å². The Labute approximate surface area is 106 Å². The third-order valence-corrected chi connectivity index (χ3v) is 2.57. The van der Waals surface area contributed by atoms with Crippen molar-refractivity contribution in [2.75, 3.05) is 0 Å². The fraction of sp³-hybridized carbons (Fsp3) is 0.214. The summed E-state index contributed by atoms with van der Waals surface area (Å²) in [7, 11) is 0. The highest BCUT2D eigenvalue weighted by Crippen LogP contribution is 2.24. The van der Waals surface area contributed by atoms with Gasteiger partial charge in [-0.2, -0.15) is 10.4 Å². The SMILES string of the molecule is CC(C)c1ccc(Oc2nnccc2C#N)cc1. The van der Waals surface area contributed by atoms with Gasteiger partial charge in [-0.05, 0) is 29.7 Å². The predicted octanol–water partition coefficient (Wildman–Crippen LogP) is 3.26. The minimum Gasteiger partial charge on any atom is -0.437 e. The molecule has 0 N–H and O–H groups in total. The summed E-state index contributed by atoms with van der Waals surface area (Å²) < 4.78 is 5.54. The third-order valence-electron chi connectivity index (χ3n) is 2.57. The lowest BCUT2D eigenvalue weighted by Crippen LogP contribution is -1.94. The lowest BCUT2D eigenvalue weighted by molar-refractivity contribution is 0.453. The first-order valence-electron chi connectivity index (χ1n) is 5.70. The van der Waals surface area contributed by atoms with Crippen LogP contribution in [0.2, 0.25) is 0 Å². The smallest absolute Gasteiger partial charge is 0.256 e. The van der Waals surface area contributed by atoms with Gasteiger partial charge in [0, 0.05) is 0 Å². The Morgan fingerprint density at radius 2 is 1.89 bits per heavy atom. The summed E-state index contributed by atoms with van der Waals surface area (Å²) in [4.78, 5) is 0. The molecule has 0 radical (unpaired) electrons. The predicted molar refractivity (Wildman–Crippen MR) is 67.4 cm³/mol. The molecule has 0 atom stereocenters. The molecule has 1 aromatic heterocycles. The number of nitrogens with zero attached hydrogens (tertiary/aromatic N) is 3. The molecule has 2 aromatic rings. The number of aromatic nitrogens is 2. The molecule has 2 rings (SSSR count). The van der Waals surface area contributed by atoms with E-state index in [0.29, 0.717) is 17.2 Å². The van der Waals surface area contributed by atoms with Crippen molar-refractivity contribution >= 4 is 0 Å². The van der Waals surface area contributed by atoms with Crippen LogP contribution in [-0.4, -0.2) is 10.2 Å². The number of nitriles is 1. The zero-order valence-corrected chi connectivity index (χ0v) is 10.3. The van der Waals surface area contributed by atoms with Gasteiger partial charge in [-0.25, -0.2) is 0 Å². The molecular weight excluding hydrogens is 226 g/mol. The van der Waals surface area contributed by atoms with Crippen molar-refractivity contribution in [3.63, 3.8) is 0 Å². The van der Waals surface area contributed by atoms with Crippen molar-refractivity contribution in [1.82, 2.24) is 10.2 Å². The largest absolute Gasteiger partial charge is 0.437 e. The number of hydrogen-bond donors (Lipinski definition) is 0. The van der Waals surface area contributed by atoms with E-state index in [4.69, 9.17) is 10.00 Å². The van der Waals surface area contributed by atoms with E-state index in [-0.39, 0.29) is 5.88 Å². The summed E-state index contributed by atoms with van der Waals surface area (Å²) in [6.45, 7) is 4.26. The van der Waals surface area contributed by atoms with Gasteiger partial charge < -0.3 is 4.74 Å². The first kappa shape index (κ1) is 12.1. The van der Waals surface area contributed by atoms with E-state index < -0.39 is 0 Å². The molecule has 0 aliphatic carbocycles. The van der Waals surface area contributed by atoms with E-state index in [0.717, 1.165) is 0 Å². The minimum absolute atomic E-state index is 0.234. The Balaban J connectivity index is 2.22. The summed E-state index contributed by atoms with van der Waals surface area (Å²) in [5.41, 5.74) is 1.61. The summed E-state index contributed by atoms with van der Waals surface area (Å²) in [5.74, 6) is 1.36. The Hall–Kier alpha value is -2.41. The second-order valence-electron chi connectivity index (χ2n) is 4.19. The molecule has 0 aliphatic heterocycles. The molecule has 0 bridgehead atoms. The van der Waals surface area contributed by atoms with E-state index in [9.17, 15) is 0 Å². The van der Waals surface area contributed by atoms with Crippen LogP contribution in [-0.2, 0) is 0 Å². The Kier molecular flexibility index (Phi) is 3.54. The number of hydrogen-bond acceptors (Lipinski definition) is 4. The van der Waals surface area contributed by atoms with Crippen molar-refractivity contribution in [3.8, 4) is 17.7 Å². The first-order chi connectivity index (χ1) is 8.70. The maximum Gasteiger partial charge on any atom is 0.256 e. The van der Waals surface area contributed by atoms with Gasteiger partial charge in [0.1, 0.15) is 17.4 Å². The van der Waals surface area contributed by atoms with Crippen molar-refractivity contribution in [2.24, 2.45) is 0 Å². The van der Waals surface area contributed by atoms with Gasteiger partial charge in [0.2, 0.25) is 0 Å². The maximum absolute atomic E-state index is 8.92. The topological polar surface area (TPSA) is 58.8 Å². The molecule has 4 nitrogen and oxygen atoms in total. The van der Waals surface area contributed by atoms with Crippen LogP contribution in [0.5, 0.6) is 11.6 Å². The molecule has 0 fully saturated rings. The second-order valence-corrected chi connectivity index (χ2v) is 4.19. The monoisotopic (exact) mass is 239 g/mol. The zero-order chi connectivity index (χ0) is 13.0.